The highest BCUT2D eigenvalue weighted by Gasteiger charge is 2.22. The Labute approximate surface area is 159 Å². The van der Waals surface area contributed by atoms with E-state index in [1.807, 2.05) is 31.2 Å². The number of methoxy groups -OCH3 is 1. The number of amides is 2. The summed E-state index contributed by atoms with van der Waals surface area (Å²) in [6.07, 6.45) is 1.42. The Morgan fingerprint density at radius 2 is 2.04 bits per heavy atom. The second-order valence-electron chi connectivity index (χ2n) is 6.30. The maximum absolute atomic E-state index is 12.5. The van der Waals surface area contributed by atoms with Crippen LogP contribution < -0.4 is 19.7 Å². The average Bonchev–Trinajstić information content (AvgIpc) is 3.12. The standard InChI is InChI=1S/C21H24N2O4/c1-3-27-19-12-15(9-10-18(19)26-2)14-22-21(25)16-6-4-7-17(13-16)23-11-5-8-20(23)24/h4,6-7,9-10,12-13H,3,5,8,11,14H2,1-2H3,(H,22,25). The Balaban J connectivity index is 1.67. The van der Waals surface area contributed by atoms with Crippen molar-refractivity contribution in [3.63, 3.8) is 0 Å². The molecule has 0 spiro atoms. The molecular formula is C21H24N2O4. The minimum absolute atomic E-state index is 0.106. The van der Waals surface area contributed by atoms with Crippen molar-refractivity contribution >= 4 is 17.5 Å². The Morgan fingerprint density at radius 1 is 1.19 bits per heavy atom. The molecule has 27 heavy (non-hydrogen) atoms. The highest BCUT2D eigenvalue weighted by Crippen LogP contribution is 2.28. The summed E-state index contributed by atoms with van der Waals surface area (Å²) in [7, 11) is 1.59. The van der Waals surface area contributed by atoms with Gasteiger partial charge in [-0.1, -0.05) is 12.1 Å². The normalized spacial score (nSPS) is 13.6. The quantitative estimate of drug-likeness (QED) is 0.815. The molecule has 2 aromatic rings. The van der Waals surface area contributed by atoms with Crippen LogP contribution in [0.25, 0.3) is 0 Å². The monoisotopic (exact) mass is 368 g/mol. The first-order valence-corrected chi connectivity index (χ1v) is 9.10. The van der Waals surface area contributed by atoms with Gasteiger partial charge in [-0.25, -0.2) is 0 Å². The lowest BCUT2D eigenvalue weighted by atomic mass is 10.1. The summed E-state index contributed by atoms with van der Waals surface area (Å²) in [4.78, 5) is 26.2. The van der Waals surface area contributed by atoms with Crippen LogP contribution in [0.2, 0.25) is 0 Å². The summed E-state index contributed by atoms with van der Waals surface area (Å²) >= 11 is 0. The molecule has 0 unspecified atom stereocenters. The molecule has 0 aromatic heterocycles. The number of ether oxygens (including phenoxy) is 2. The van der Waals surface area contributed by atoms with Crippen molar-refractivity contribution in [1.29, 1.82) is 0 Å². The molecule has 1 N–H and O–H groups in total. The van der Waals surface area contributed by atoms with Crippen molar-refractivity contribution in [2.75, 3.05) is 25.2 Å². The third-order valence-electron chi connectivity index (χ3n) is 4.47. The van der Waals surface area contributed by atoms with E-state index in [1.54, 1.807) is 30.2 Å². The number of nitrogens with one attached hydrogen (secondary N) is 1. The molecule has 6 heteroatoms. The lowest BCUT2D eigenvalue weighted by Gasteiger charge is -2.16. The van der Waals surface area contributed by atoms with Crippen molar-refractivity contribution in [3.05, 3.63) is 53.6 Å². The third kappa shape index (κ3) is 4.39. The Bertz CT molecular complexity index is 835. The van der Waals surface area contributed by atoms with Crippen LogP contribution >= 0.6 is 0 Å². The first-order valence-electron chi connectivity index (χ1n) is 9.10. The summed E-state index contributed by atoms with van der Waals surface area (Å²) < 4.78 is 10.8. The number of nitrogens with zero attached hydrogens (tertiary/aromatic N) is 1. The van der Waals surface area contributed by atoms with Gasteiger partial charge in [0.25, 0.3) is 5.91 Å². The van der Waals surface area contributed by atoms with Gasteiger partial charge in [-0.05, 0) is 49.2 Å². The van der Waals surface area contributed by atoms with E-state index in [0.717, 1.165) is 17.7 Å². The van der Waals surface area contributed by atoms with Gasteiger partial charge < -0.3 is 19.7 Å². The summed E-state index contributed by atoms with van der Waals surface area (Å²) in [5, 5.41) is 2.91. The highest BCUT2D eigenvalue weighted by molar-refractivity contribution is 5.99. The zero-order valence-electron chi connectivity index (χ0n) is 15.7. The average molecular weight is 368 g/mol. The second-order valence-corrected chi connectivity index (χ2v) is 6.30. The molecule has 0 radical (unpaired) electrons. The van der Waals surface area contributed by atoms with Gasteiger partial charge in [0.1, 0.15) is 0 Å². The molecular weight excluding hydrogens is 344 g/mol. The van der Waals surface area contributed by atoms with Crippen LogP contribution in [-0.4, -0.2) is 32.1 Å². The molecule has 1 aliphatic heterocycles. The molecule has 6 nitrogen and oxygen atoms in total. The van der Waals surface area contributed by atoms with Gasteiger partial charge in [-0.3, -0.25) is 9.59 Å². The second kappa shape index (κ2) is 8.58. The highest BCUT2D eigenvalue weighted by atomic mass is 16.5. The summed E-state index contributed by atoms with van der Waals surface area (Å²) in [6.45, 7) is 3.52. The molecule has 2 amide bonds. The third-order valence-corrected chi connectivity index (χ3v) is 4.47. The van der Waals surface area contributed by atoms with Crippen LogP contribution in [0.5, 0.6) is 11.5 Å². The minimum atomic E-state index is -0.183. The number of carbonyl (C=O) groups is 2. The number of rotatable bonds is 7. The van der Waals surface area contributed by atoms with Gasteiger partial charge >= 0.3 is 0 Å². The molecule has 142 valence electrons. The van der Waals surface area contributed by atoms with Crippen LogP contribution in [0.1, 0.15) is 35.7 Å². The Hall–Kier alpha value is -3.02. The van der Waals surface area contributed by atoms with Gasteiger partial charge in [0.15, 0.2) is 11.5 Å². The van der Waals surface area contributed by atoms with E-state index in [4.69, 9.17) is 9.47 Å². The van der Waals surface area contributed by atoms with E-state index in [-0.39, 0.29) is 11.8 Å². The Kier molecular flexibility index (Phi) is 5.96. The fraction of sp³-hybridized carbons (Fsp3) is 0.333. The van der Waals surface area contributed by atoms with Gasteiger partial charge in [0, 0.05) is 30.8 Å². The van der Waals surface area contributed by atoms with Crippen LogP contribution in [0, 0.1) is 0 Å². The molecule has 1 aliphatic rings. The van der Waals surface area contributed by atoms with Gasteiger partial charge in [-0.2, -0.15) is 0 Å². The predicted molar refractivity (Wildman–Crippen MR) is 103 cm³/mol. The molecule has 2 aromatic carbocycles. The van der Waals surface area contributed by atoms with E-state index in [9.17, 15) is 9.59 Å². The van der Waals surface area contributed by atoms with E-state index < -0.39 is 0 Å². The van der Waals surface area contributed by atoms with Crippen molar-refractivity contribution < 1.29 is 19.1 Å². The van der Waals surface area contributed by atoms with Gasteiger partial charge in [0.05, 0.1) is 13.7 Å². The zero-order valence-corrected chi connectivity index (χ0v) is 15.7. The fourth-order valence-electron chi connectivity index (χ4n) is 3.12. The smallest absolute Gasteiger partial charge is 0.251 e. The molecule has 0 atom stereocenters. The Morgan fingerprint density at radius 3 is 2.74 bits per heavy atom. The SMILES string of the molecule is CCOc1cc(CNC(=O)c2cccc(N3CCCC3=O)c2)ccc1OC. The minimum Gasteiger partial charge on any atom is -0.493 e. The topological polar surface area (TPSA) is 67.9 Å². The van der Waals surface area contributed by atoms with Gasteiger partial charge in [-0.15, -0.1) is 0 Å². The summed E-state index contributed by atoms with van der Waals surface area (Å²) in [5.74, 6) is 1.24. The van der Waals surface area contributed by atoms with Crippen molar-refractivity contribution in [3.8, 4) is 11.5 Å². The molecule has 0 bridgehead atoms. The molecule has 1 heterocycles. The number of anilines is 1. The predicted octanol–water partition coefficient (Wildman–Crippen LogP) is 3.15. The van der Waals surface area contributed by atoms with Gasteiger partial charge in [0.2, 0.25) is 5.91 Å². The first kappa shape index (κ1) is 18.8. The van der Waals surface area contributed by atoms with Crippen molar-refractivity contribution in [2.24, 2.45) is 0 Å². The van der Waals surface area contributed by atoms with E-state index in [0.29, 0.717) is 43.2 Å². The van der Waals surface area contributed by atoms with Crippen LogP contribution in [0.4, 0.5) is 5.69 Å². The van der Waals surface area contributed by atoms with Crippen LogP contribution in [-0.2, 0) is 11.3 Å². The van der Waals surface area contributed by atoms with Crippen LogP contribution in [0.15, 0.2) is 42.5 Å². The lowest BCUT2D eigenvalue weighted by molar-refractivity contribution is -0.117. The molecule has 1 fully saturated rings. The van der Waals surface area contributed by atoms with Crippen molar-refractivity contribution in [2.45, 2.75) is 26.3 Å². The van der Waals surface area contributed by atoms with E-state index >= 15 is 0 Å². The number of benzene rings is 2. The first-order chi connectivity index (χ1) is 13.1. The fourth-order valence-corrected chi connectivity index (χ4v) is 3.12. The summed E-state index contributed by atoms with van der Waals surface area (Å²) in [5.41, 5.74) is 2.22. The number of hydrogen-bond donors (Lipinski definition) is 1. The van der Waals surface area contributed by atoms with Crippen LogP contribution in [0.3, 0.4) is 0 Å². The number of hydrogen-bond acceptors (Lipinski definition) is 4. The molecule has 0 saturated carbocycles. The van der Waals surface area contributed by atoms with E-state index in [1.165, 1.54) is 0 Å². The maximum Gasteiger partial charge on any atom is 0.251 e. The maximum atomic E-state index is 12.5. The van der Waals surface area contributed by atoms with Crippen molar-refractivity contribution in [1.82, 2.24) is 5.32 Å². The molecule has 0 aliphatic carbocycles. The molecule has 3 rings (SSSR count). The largest absolute Gasteiger partial charge is 0.493 e. The number of carbonyl (C=O) groups excluding carboxylic acids is 2. The lowest BCUT2D eigenvalue weighted by Crippen LogP contribution is -2.25. The van der Waals surface area contributed by atoms with E-state index in [2.05, 4.69) is 5.32 Å². The zero-order chi connectivity index (χ0) is 19.2. The molecule has 1 saturated heterocycles. The summed E-state index contributed by atoms with van der Waals surface area (Å²) in [6, 6.07) is 12.8.